The summed E-state index contributed by atoms with van der Waals surface area (Å²) >= 11 is 0. The minimum Gasteiger partial charge on any atom is -0.487 e. The Morgan fingerprint density at radius 2 is 2.27 bits per heavy atom. The van der Waals surface area contributed by atoms with Crippen LogP contribution in [0.1, 0.15) is 11.5 Å². The summed E-state index contributed by atoms with van der Waals surface area (Å²) in [6, 6.07) is 9.12. The van der Waals surface area contributed by atoms with Crippen LogP contribution in [0.15, 0.2) is 34.9 Å². The maximum atomic E-state index is 5.62. The van der Waals surface area contributed by atoms with E-state index in [1.807, 2.05) is 31.2 Å². The Labute approximate surface area is 87.6 Å². The number of nitrogens with zero attached hydrogens (tertiary/aromatic N) is 1. The number of aryl methyl sites for hydroxylation is 1. The predicted octanol–water partition coefficient (Wildman–Crippen LogP) is 2.14. The van der Waals surface area contributed by atoms with Gasteiger partial charge in [0.1, 0.15) is 23.8 Å². The lowest BCUT2D eigenvalue weighted by Gasteiger charge is -2.03. The van der Waals surface area contributed by atoms with E-state index in [0.717, 1.165) is 17.2 Å². The molecule has 1 aromatic carbocycles. The van der Waals surface area contributed by atoms with Crippen molar-refractivity contribution in [2.24, 2.45) is 0 Å². The van der Waals surface area contributed by atoms with E-state index >= 15 is 0 Å². The molecule has 0 unspecified atom stereocenters. The predicted molar refractivity (Wildman–Crippen MR) is 56.4 cm³/mol. The van der Waals surface area contributed by atoms with Crippen molar-refractivity contribution in [3.8, 4) is 5.75 Å². The fraction of sp³-hybridized carbons (Fsp3) is 0.182. The maximum absolute atomic E-state index is 5.62. The van der Waals surface area contributed by atoms with Gasteiger partial charge >= 0.3 is 0 Å². The normalized spacial score (nSPS) is 10.2. The van der Waals surface area contributed by atoms with Gasteiger partial charge in [-0.1, -0.05) is 11.2 Å². The maximum Gasteiger partial charge on any atom is 0.134 e. The molecule has 4 heteroatoms. The molecule has 15 heavy (non-hydrogen) atoms. The summed E-state index contributed by atoms with van der Waals surface area (Å²) < 4.78 is 10.4. The molecule has 1 heterocycles. The van der Waals surface area contributed by atoms with Gasteiger partial charge in [0, 0.05) is 17.8 Å². The molecule has 1 aromatic heterocycles. The third-order valence-corrected chi connectivity index (χ3v) is 1.92. The first-order valence-electron chi connectivity index (χ1n) is 4.64. The zero-order valence-electron chi connectivity index (χ0n) is 8.43. The molecule has 0 aliphatic rings. The standard InChI is InChI=1S/C11H12N2O2/c1-8-5-10(13-15-8)7-14-11-4-2-3-9(12)6-11/h2-6H,7,12H2,1H3. The number of ether oxygens (including phenoxy) is 1. The highest BCUT2D eigenvalue weighted by Gasteiger charge is 2.01. The molecule has 2 aromatic rings. The van der Waals surface area contributed by atoms with E-state index in [9.17, 15) is 0 Å². The molecule has 0 bridgehead atoms. The Bertz CT molecular complexity index is 451. The largest absolute Gasteiger partial charge is 0.487 e. The minimum absolute atomic E-state index is 0.390. The van der Waals surface area contributed by atoms with E-state index in [4.69, 9.17) is 15.0 Å². The van der Waals surface area contributed by atoms with Crippen molar-refractivity contribution >= 4 is 5.69 Å². The van der Waals surface area contributed by atoms with Crippen LogP contribution in [-0.2, 0) is 6.61 Å². The molecule has 78 valence electrons. The van der Waals surface area contributed by atoms with Crippen LogP contribution in [0.3, 0.4) is 0 Å². The van der Waals surface area contributed by atoms with Crippen molar-refractivity contribution in [1.29, 1.82) is 0 Å². The van der Waals surface area contributed by atoms with Crippen molar-refractivity contribution in [1.82, 2.24) is 5.16 Å². The van der Waals surface area contributed by atoms with Gasteiger partial charge in [0.2, 0.25) is 0 Å². The molecule has 0 radical (unpaired) electrons. The van der Waals surface area contributed by atoms with Gasteiger partial charge in [-0.2, -0.15) is 0 Å². The Morgan fingerprint density at radius 3 is 2.93 bits per heavy atom. The van der Waals surface area contributed by atoms with Gasteiger partial charge in [-0.25, -0.2) is 0 Å². The van der Waals surface area contributed by atoms with Gasteiger partial charge in [0.15, 0.2) is 0 Å². The van der Waals surface area contributed by atoms with Crippen LogP contribution in [0.2, 0.25) is 0 Å². The number of hydrogen-bond acceptors (Lipinski definition) is 4. The van der Waals surface area contributed by atoms with E-state index in [-0.39, 0.29) is 0 Å². The molecule has 2 N–H and O–H groups in total. The van der Waals surface area contributed by atoms with Crippen LogP contribution in [0.4, 0.5) is 5.69 Å². The van der Waals surface area contributed by atoms with E-state index in [2.05, 4.69) is 5.16 Å². The molecular weight excluding hydrogens is 192 g/mol. The summed E-state index contributed by atoms with van der Waals surface area (Å²) in [5.41, 5.74) is 7.07. The molecule has 0 aliphatic carbocycles. The van der Waals surface area contributed by atoms with Gasteiger partial charge in [-0.05, 0) is 19.1 Å². The molecule has 0 saturated heterocycles. The SMILES string of the molecule is Cc1cc(COc2cccc(N)c2)no1. The second kappa shape index (κ2) is 4.04. The number of hydrogen-bond donors (Lipinski definition) is 1. The number of anilines is 1. The summed E-state index contributed by atoms with van der Waals surface area (Å²) in [5, 5.41) is 3.82. The Kier molecular flexibility index (Phi) is 2.58. The Balaban J connectivity index is 1.99. The van der Waals surface area contributed by atoms with Crippen LogP contribution >= 0.6 is 0 Å². The highest BCUT2D eigenvalue weighted by Crippen LogP contribution is 2.16. The Hall–Kier alpha value is -1.97. The average molecular weight is 204 g/mol. The molecule has 2 rings (SSSR count). The number of nitrogens with two attached hydrogens (primary N) is 1. The van der Waals surface area contributed by atoms with Gasteiger partial charge in [0.05, 0.1) is 0 Å². The van der Waals surface area contributed by atoms with Crippen molar-refractivity contribution in [3.05, 3.63) is 41.8 Å². The summed E-state index contributed by atoms with van der Waals surface area (Å²) in [7, 11) is 0. The monoisotopic (exact) mass is 204 g/mol. The minimum atomic E-state index is 0.390. The second-order valence-corrected chi connectivity index (χ2v) is 3.29. The summed E-state index contributed by atoms with van der Waals surface area (Å²) in [6.45, 7) is 2.23. The molecule has 0 amide bonds. The third kappa shape index (κ3) is 2.49. The van der Waals surface area contributed by atoms with Crippen LogP contribution in [0, 0.1) is 6.92 Å². The Morgan fingerprint density at radius 1 is 1.40 bits per heavy atom. The van der Waals surface area contributed by atoms with E-state index < -0.39 is 0 Å². The zero-order chi connectivity index (χ0) is 10.7. The molecule has 0 saturated carbocycles. The summed E-state index contributed by atoms with van der Waals surface area (Å²) in [6.07, 6.45) is 0. The molecule has 0 fully saturated rings. The second-order valence-electron chi connectivity index (χ2n) is 3.29. The van der Waals surface area contributed by atoms with E-state index in [1.165, 1.54) is 0 Å². The van der Waals surface area contributed by atoms with Crippen LogP contribution < -0.4 is 10.5 Å². The van der Waals surface area contributed by atoms with Crippen molar-refractivity contribution in [2.75, 3.05) is 5.73 Å². The zero-order valence-corrected chi connectivity index (χ0v) is 8.43. The van der Waals surface area contributed by atoms with Crippen LogP contribution in [-0.4, -0.2) is 5.16 Å². The van der Waals surface area contributed by atoms with Crippen molar-refractivity contribution < 1.29 is 9.26 Å². The highest BCUT2D eigenvalue weighted by atomic mass is 16.5. The van der Waals surface area contributed by atoms with Crippen molar-refractivity contribution in [3.63, 3.8) is 0 Å². The first-order valence-corrected chi connectivity index (χ1v) is 4.64. The molecule has 4 nitrogen and oxygen atoms in total. The fourth-order valence-electron chi connectivity index (χ4n) is 1.25. The first-order chi connectivity index (χ1) is 7.24. The lowest BCUT2D eigenvalue weighted by Crippen LogP contribution is -1.96. The quantitative estimate of drug-likeness (QED) is 0.778. The number of aromatic nitrogens is 1. The lowest BCUT2D eigenvalue weighted by molar-refractivity contribution is 0.288. The van der Waals surface area contributed by atoms with Crippen LogP contribution in [0.5, 0.6) is 5.75 Å². The molecule has 0 aliphatic heterocycles. The first kappa shape index (κ1) is 9.58. The summed E-state index contributed by atoms with van der Waals surface area (Å²) in [5.74, 6) is 1.51. The third-order valence-electron chi connectivity index (χ3n) is 1.92. The average Bonchev–Trinajstić information content (AvgIpc) is 2.62. The number of rotatable bonds is 3. The van der Waals surface area contributed by atoms with Gasteiger partial charge in [-0.3, -0.25) is 0 Å². The van der Waals surface area contributed by atoms with Gasteiger partial charge in [0.25, 0.3) is 0 Å². The number of benzene rings is 1. The van der Waals surface area contributed by atoms with Gasteiger partial charge in [-0.15, -0.1) is 0 Å². The fourth-order valence-corrected chi connectivity index (χ4v) is 1.25. The molecular formula is C11H12N2O2. The smallest absolute Gasteiger partial charge is 0.134 e. The molecule has 0 atom stereocenters. The lowest BCUT2D eigenvalue weighted by atomic mass is 10.3. The van der Waals surface area contributed by atoms with Gasteiger partial charge < -0.3 is 15.0 Å². The molecule has 0 spiro atoms. The van der Waals surface area contributed by atoms with E-state index in [0.29, 0.717) is 12.3 Å². The van der Waals surface area contributed by atoms with E-state index in [1.54, 1.807) is 6.07 Å². The topological polar surface area (TPSA) is 61.3 Å². The van der Waals surface area contributed by atoms with Crippen molar-refractivity contribution in [2.45, 2.75) is 13.5 Å². The van der Waals surface area contributed by atoms with Crippen LogP contribution in [0.25, 0.3) is 0 Å². The number of nitrogen functional groups attached to an aromatic ring is 1. The summed E-state index contributed by atoms with van der Waals surface area (Å²) in [4.78, 5) is 0. The highest BCUT2D eigenvalue weighted by molar-refractivity contribution is 5.43.